The molecule has 1 rings (SSSR count). The second-order valence-corrected chi connectivity index (χ2v) is 4.52. The fraction of sp³-hybridized carbons (Fsp3) is 0.455. The fourth-order valence-corrected chi connectivity index (χ4v) is 1.81. The van der Waals surface area contributed by atoms with E-state index in [1.807, 2.05) is 12.1 Å². The van der Waals surface area contributed by atoms with Crippen LogP contribution in [0.15, 0.2) is 22.7 Å². The van der Waals surface area contributed by atoms with E-state index in [1.165, 1.54) is 5.56 Å². The Morgan fingerprint density at radius 3 is 2.23 bits per heavy atom. The zero-order valence-electron chi connectivity index (χ0n) is 8.21. The summed E-state index contributed by atoms with van der Waals surface area (Å²) in [6, 6.07) is 6.07. The van der Waals surface area contributed by atoms with Crippen molar-refractivity contribution in [3.8, 4) is 0 Å². The Morgan fingerprint density at radius 1 is 1.15 bits per heavy atom. The molecule has 0 spiro atoms. The highest BCUT2D eigenvalue weighted by atomic mass is 79.9. The molecule has 1 atom stereocenters. The van der Waals surface area contributed by atoms with E-state index in [1.54, 1.807) is 6.92 Å². The predicted molar refractivity (Wildman–Crippen MR) is 58.9 cm³/mol. The van der Waals surface area contributed by atoms with Crippen LogP contribution in [0.25, 0.3) is 0 Å². The highest BCUT2D eigenvalue weighted by Gasteiger charge is 2.10. The van der Waals surface area contributed by atoms with Crippen molar-refractivity contribution < 1.29 is 5.11 Å². The number of aliphatic hydroxyl groups excluding tert-OH is 1. The van der Waals surface area contributed by atoms with Gasteiger partial charge < -0.3 is 5.11 Å². The maximum Gasteiger partial charge on any atom is 0.0765 e. The molecular weight excluding hydrogens is 228 g/mol. The molecule has 1 N–H and O–H groups in total. The molecule has 0 aliphatic heterocycles. The minimum atomic E-state index is -0.394. The van der Waals surface area contributed by atoms with Gasteiger partial charge in [0.25, 0.3) is 0 Å². The van der Waals surface area contributed by atoms with Crippen LogP contribution in [0, 0.1) is 0 Å². The maximum atomic E-state index is 9.56. The SMILES string of the molecule is CC(C)c1ccc(Br)cc1C(C)O. The Bertz CT molecular complexity index is 292. The fourth-order valence-electron chi connectivity index (χ4n) is 1.43. The monoisotopic (exact) mass is 242 g/mol. The van der Waals surface area contributed by atoms with Gasteiger partial charge in [0.2, 0.25) is 0 Å². The molecule has 1 unspecified atom stereocenters. The normalized spacial score (nSPS) is 13.4. The van der Waals surface area contributed by atoms with Crippen LogP contribution in [0.3, 0.4) is 0 Å². The van der Waals surface area contributed by atoms with E-state index in [0.29, 0.717) is 5.92 Å². The van der Waals surface area contributed by atoms with Crippen LogP contribution >= 0.6 is 15.9 Å². The molecule has 1 aromatic rings. The lowest BCUT2D eigenvalue weighted by Gasteiger charge is -2.15. The summed E-state index contributed by atoms with van der Waals surface area (Å²) < 4.78 is 1.02. The van der Waals surface area contributed by atoms with E-state index in [4.69, 9.17) is 0 Å². The Labute approximate surface area is 87.9 Å². The third-order valence-corrected chi connectivity index (χ3v) is 2.61. The van der Waals surface area contributed by atoms with Gasteiger partial charge in [0.15, 0.2) is 0 Å². The first-order valence-corrected chi connectivity index (χ1v) is 5.29. The lowest BCUT2D eigenvalue weighted by molar-refractivity contribution is 0.197. The molecule has 0 heterocycles. The summed E-state index contributed by atoms with van der Waals surface area (Å²) >= 11 is 3.40. The van der Waals surface area contributed by atoms with Crippen molar-refractivity contribution in [3.63, 3.8) is 0 Å². The smallest absolute Gasteiger partial charge is 0.0765 e. The third kappa shape index (κ3) is 2.55. The van der Waals surface area contributed by atoms with Crippen LogP contribution in [0.2, 0.25) is 0 Å². The zero-order chi connectivity index (χ0) is 10.0. The molecule has 1 nitrogen and oxygen atoms in total. The average Bonchev–Trinajstić information content (AvgIpc) is 2.03. The van der Waals surface area contributed by atoms with Gasteiger partial charge in [-0.1, -0.05) is 35.8 Å². The molecular formula is C11H15BrO. The Balaban J connectivity index is 3.19. The molecule has 0 saturated heterocycles. The maximum absolute atomic E-state index is 9.56. The Morgan fingerprint density at radius 2 is 1.77 bits per heavy atom. The molecule has 0 fully saturated rings. The highest BCUT2D eigenvalue weighted by molar-refractivity contribution is 9.10. The third-order valence-electron chi connectivity index (χ3n) is 2.12. The van der Waals surface area contributed by atoms with Crippen molar-refractivity contribution in [3.05, 3.63) is 33.8 Å². The summed E-state index contributed by atoms with van der Waals surface area (Å²) in [5, 5.41) is 9.56. The van der Waals surface area contributed by atoms with Crippen LogP contribution in [-0.4, -0.2) is 5.11 Å². The summed E-state index contributed by atoms with van der Waals surface area (Å²) in [4.78, 5) is 0. The number of halogens is 1. The summed E-state index contributed by atoms with van der Waals surface area (Å²) in [5.41, 5.74) is 2.24. The van der Waals surface area contributed by atoms with Gasteiger partial charge in [-0.15, -0.1) is 0 Å². The van der Waals surface area contributed by atoms with E-state index >= 15 is 0 Å². The van der Waals surface area contributed by atoms with Gasteiger partial charge in [0, 0.05) is 4.47 Å². The molecule has 1 aromatic carbocycles. The number of hydrogen-bond donors (Lipinski definition) is 1. The van der Waals surface area contributed by atoms with Gasteiger partial charge in [-0.05, 0) is 36.1 Å². The molecule has 0 amide bonds. The van der Waals surface area contributed by atoms with E-state index < -0.39 is 6.10 Å². The first-order valence-electron chi connectivity index (χ1n) is 4.49. The average molecular weight is 243 g/mol. The van der Waals surface area contributed by atoms with Gasteiger partial charge in [-0.3, -0.25) is 0 Å². The molecule has 0 aromatic heterocycles. The van der Waals surface area contributed by atoms with Crippen LogP contribution in [0.5, 0.6) is 0 Å². The van der Waals surface area contributed by atoms with Gasteiger partial charge in [0.1, 0.15) is 0 Å². The van der Waals surface area contributed by atoms with Gasteiger partial charge >= 0.3 is 0 Å². The minimum Gasteiger partial charge on any atom is -0.389 e. The number of aliphatic hydroxyl groups is 1. The van der Waals surface area contributed by atoms with Gasteiger partial charge in [0.05, 0.1) is 6.10 Å². The number of benzene rings is 1. The van der Waals surface area contributed by atoms with E-state index in [2.05, 4.69) is 35.8 Å². The van der Waals surface area contributed by atoms with E-state index in [9.17, 15) is 5.11 Å². The molecule has 0 aliphatic rings. The predicted octanol–water partition coefficient (Wildman–Crippen LogP) is 3.63. The lowest BCUT2D eigenvalue weighted by atomic mass is 9.95. The van der Waals surface area contributed by atoms with Crippen molar-refractivity contribution in [2.45, 2.75) is 32.8 Å². The minimum absolute atomic E-state index is 0.394. The van der Waals surface area contributed by atoms with Crippen molar-refractivity contribution in [2.75, 3.05) is 0 Å². The Hall–Kier alpha value is -0.340. The van der Waals surface area contributed by atoms with Crippen LogP contribution in [-0.2, 0) is 0 Å². The van der Waals surface area contributed by atoms with Gasteiger partial charge in [-0.2, -0.15) is 0 Å². The van der Waals surface area contributed by atoms with Crippen molar-refractivity contribution in [1.82, 2.24) is 0 Å². The molecule has 0 saturated carbocycles. The van der Waals surface area contributed by atoms with Crippen molar-refractivity contribution >= 4 is 15.9 Å². The molecule has 72 valence electrons. The Kier molecular flexibility index (Phi) is 3.51. The second-order valence-electron chi connectivity index (χ2n) is 3.60. The summed E-state index contributed by atoms with van der Waals surface area (Å²) in [6.07, 6.45) is -0.394. The molecule has 0 radical (unpaired) electrons. The summed E-state index contributed by atoms with van der Waals surface area (Å²) in [5.74, 6) is 0.456. The number of hydrogen-bond acceptors (Lipinski definition) is 1. The van der Waals surface area contributed by atoms with Crippen LogP contribution < -0.4 is 0 Å². The first kappa shape index (κ1) is 10.7. The standard InChI is InChI=1S/C11H15BrO/c1-7(2)10-5-4-9(12)6-11(10)8(3)13/h4-8,13H,1-3H3. The van der Waals surface area contributed by atoms with Crippen LogP contribution in [0.4, 0.5) is 0 Å². The van der Waals surface area contributed by atoms with Gasteiger partial charge in [-0.25, -0.2) is 0 Å². The molecule has 0 aliphatic carbocycles. The highest BCUT2D eigenvalue weighted by Crippen LogP contribution is 2.27. The quantitative estimate of drug-likeness (QED) is 0.840. The summed E-state index contributed by atoms with van der Waals surface area (Å²) in [7, 11) is 0. The lowest BCUT2D eigenvalue weighted by Crippen LogP contribution is -2.00. The second kappa shape index (κ2) is 4.25. The zero-order valence-corrected chi connectivity index (χ0v) is 9.80. The molecule has 2 heteroatoms. The van der Waals surface area contributed by atoms with Crippen LogP contribution in [0.1, 0.15) is 43.9 Å². The van der Waals surface area contributed by atoms with Crippen molar-refractivity contribution in [1.29, 1.82) is 0 Å². The largest absolute Gasteiger partial charge is 0.389 e. The number of rotatable bonds is 2. The van der Waals surface area contributed by atoms with E-state index in [-0.39, 0.29) is 0 Å². The van der Waals surface area contributed by atoms with Crippen molar-refractivity contribution in [2.24, 2.45) is 0 Å². The van der Waals surface area contributed by atoms with E-state index in [0.717, 1.165) is 10.0 Å². The molecule has 0 bridgehead atoms. The topological polar surface area (TPSA) is 20.2 Å². The summed E-state index contributed by atoms with van der Waals surface area (Å²) in [6.45, 7) is 6.07. The first-order chi connectivity index (χ1) is 6.02. The molecule has 13 heavy (non-hydrogen) atoms.